The molecular formula is C21H31NSi. The Balaban J connectivity index is 1.63. The number of benzene rings is 1. The molecule has 2 heteroatoms. The second-order valence-corrected chi connectivity index (χ2v) is 12.9. The first-order valence-corrected chi connectivity index (χ1v) is 12.7. The van der Waals surface area contributed by atoms with E-state index in [1.54, 1.807) is 22.3 Å². The van der Waals surface area contributed by atoms with Gasteiger partial charge in [0.05, 0.1) is 0 Å². The summed E-state index contributed by atoms with van der Waals surface area (Å²) in [5.74, 6) is 0. The zero-order valence-electron chi connectivity index (χ0n) is 15.0. The fourth-order valence-electron chi connectivity index (χ4n) is 5.43. The standard InChI is InChI=1S/C21H31NSi/c1-15-12-18-13-16-8-7-9-17(16)14-20(18)21(15)23(2,3)22-19-10-5-4-6-11-19/h12-14,19,21-22H,4-11H2,1-3H3. The van der Waals surface area contributed by atoms with E-state index in [1.165, 1.54) is 56.9 Å². The minimum atomic E-state index is -1.52. The first-order valence-electron chi connectivity index (χ1n) is 9.66. The first-order chi connectivity index (χ1) is 11.0. The van der Waals surface area contributed by atoms with Gasteiger partial charge in [0.1, 0.15) is 8.24 Å². The predicted octanol–water partition coefficient (Wildman–Crippen LogP) is 5.34. The highest BCUT2D eigenvalue weighted by atomic mass is 28.3. The summed E-state index contributed by atoms with van der Waals surface area (Å²) in [6.07, 6.45) is 13.5. The molecule has 1 aromatic carbocycles. The van der Waals surface area contributed by atoms with Crippen LogP contribution in [0.15, 0.2) is 17.7 Å². The molecule has 0 spiro atoms. The second-order valence-electron chi connectivity index (χ2n) is 8.63. The molecule has 0 amide bonds. The number of allylic oxidation sites excluding steroid dienone is 1. The van der Waals surface area contributed by atoms with Crippen molar-refractivity contribution in [1.82, 2.24) is 4.98 Å². The lowest BCUT2D eigenvalue weighted by atomic mass is 9.96. The van der Waals surface area contributed by atoms with Crippen LogP contribution in [-0.2, 0) is 12.8 Å². The van der Waals surface area contributed by atoms with Crippen LogP contribution in [0.5, 0.6) is 0 Å². The Labute approximate surface area is 142 Å². The Morgan fingerprint density at radius 2 is 1.65 bits per heavy atom. The topological polar surface area (TPSA) is 12.0 Å². The number of nitrogens with one attached hydrogen (secondary N) is 1. The lowest BCUT2D eigenvalue weighted by Crippen LogP contribution is -2.55. The maximum absolute atomic E-state index is 4.17. The Hall–Kier alpha value is -0.863. The molecule has 0 radical (unpaired) electrons. The quantitative estimate of drug-likeness (QED) is 0.739. The third-order valence-corrected chi connectivity index (χ3v) is 9.71. The number of aryl methyl sites for hydroxylation is 2. The smallest absolute Gasteiger partial charge is 0.131 e. The van der Waals surface area contributed by atoms with Crippen molar-refractivity contribution in [2.24, 2.45) is 0 Å². The van der Waals surface area contributed by atoms with Gasteiger partial charge in [-0.2, -0.15) is 0 Å². The van der Waals surface area contributed by atoms with Crippen molar-refractivity contribution in [3.8, 4) is 0 Å². The molecule has 124 valence electrons. The average Bonchev–Trinajstić information content (AvgIpc) is 3.07. The van der Waals surface area contributed by atoms with E-state index in [4.69, 9.17) is 0 Å². The van der Waals surface area contributed by atoms with E-state index >= 15 is 0 Å². The molecule has 1 saturated carbocycles. The van der Waals surface area contributed by atoms with Crippen LogP contribution in [-0.4, -0.2) is 14.3 Å². The highest BCUT2D eigenvalue weighted by Crippen LogP contribution is 2.43. The van der Waals surface area contributed by atoms with Crippen molar-refractivity contribution in [2.45, 2.75) is 83.0 Å². The number of rotatable bonds is 3. The van der Waals surface area contributed by atoms with Crippen molar-refractivity contribution in [2.75, 3.05) is 0 Å². The van der Waals surface area contributed by atoms with E-state index in [0.29, 0.717) is 5.54 Å². The molecule has 0 heterocycles. The Morgan fingerprint density at radius 3 is 2.39 bits per heavy atom. The fraction of sp³-hybridized carbons (Fsp3) is 0.619. The van der Waals surface area contributed by atoms with Gasteiger partial charge < -0.3 is 4.98 Å². The zero-order chi connectivity index (χ0) is 16.0. The average molecular weight is 326 g/mol. The maximum Gasteiger partial charge on any atom is 0.131 e. The molecular weight excluding hydrogens is 294 g/mol. The van der Waals surface area contributed by atoms with Gasteiger partial charge in [-0.3, -0.25) is 0 Å². The van der Waals surface area contributed by atoms with E-state index in [0.717, 1.165) is 6.04 Å². The molecule has 0 aromatic heterocycles. The highest BCUT2D eigenvalue weighted by molar-refractivity contribution is 6.77. The summed E-state index contributed by atoms with van der Waals surface area (Å²) >= 11 is 0. The SMILES string of the molecule is CC1=Cc2cc3c(cc2C1[Si](C)(C)NC1CCCCC1)CCC3. The maximum atomic E-state index is 4.17. The molecule has 1 unspecified atom stereocenters. The minimum absolute atomic E-state index is 0.672. The summed E-state index contributed by atoms with van der Waals surface area (Å²) in [4.78, 5) is 4.17. The van der Waals surface area contributed by atoms with Gasteiger partial charge >= 0.3 is 0 Å². The van der Waals surface area contributed by atoms with Crippen molar-refractivity contribution >= 4 is 14.3 Å². The van der Waals surface area contributed by atoms with Crippen molar-refractivity contribution in [3.05, 3.63) is 40.0 Å². The summed E-state index contributed by atoms with van der Waals surface area (Å²) in [7, 11) is -1.52. The lowest BCUT2D eigenvalue weighted by molar-refractivity contribution is 0.412. The number of fused-ring (bicyclic) bond motifs is 2. The Bertz CT molecular complexity index is 637. The molecule has 23 heavy (non-hydrogen) atoms. The lowest BCUT2D eigenvalue weighted by Gasteiger charge is -2.38. The summed E-state index contributed by atoms with van der Waals surface area (Å²) in [6, 6.07) is 5.86. The van der Waals surface area contributed by atoms with Crippen LogP contribution in [0.25, 0.3) is 6.08 Å². The fourth-order valence-corrected chi connectivity index (χ4v) is 9.18. The molecule has 3 aliphatic carbocycles. The largest absolute Gasteiger partial charge is 0.334 e. The molecule has 0 saturated heterocycles. The molecule has 4 rings (SSSR count). The van der Waals surface area contributed by atoms with Crippen LogP contribution in [0.1, 0.15) is 73.2 Å². The Morgan fingerprint density at radius 1 is 0.957 bits per heavy atom. The number of hydrogen-bond donors (Lipinski definition) is 1. The summed E-state index contributed by atoms with van der Waals surface area (Å²) in [6.45, 7) is 7.49. The van der Waals surface area contributed by atoms with E-state index < -0.39 is 8.24 Å². The summed E-state index contributed by atoms with van der Waals surface area (Å²) in [5, 5.41) is 0. The van der Waals surface area contributed by atoms with Gasteiger partial charge in [-0.1, -0.05) is 56.1 Å². The van der Waals surface area contributed by atoms with E-state index in [1.807, 2.05) is 0 Å². The minimum Gasteiger partial charge on any atom is -0.334 e. The zero-order valence-corrected chi connectivity index (χ0v) is 16.0. The monoisotopic (exact) mass is 325 g/mol. The van der Waals surface area contributed by atoms with Gasteiger partial charge in [0.25, 0.3) is 0 Å². The summed E-state index contributed by atoms with van der Waals surface area (Å²) in [5.41, 5.74) is 8.70. The van der Waals surface area contributed by atoms with Gasteiger partial charge in [-0.05, 0) is 61.3 Å². The highest BCUT2D eigenvalue weighted by Gasteiger charge is 2.40. The third kappa shape index (κ3) is 2.85. The first kappa shape index (κ1) is 15.7. The molecule has 1 N–H and O–H groups in total. The molecule has 1 atom stereocenters. The van der Waals surface area contributed by atoms with Gasteiger partial charge in [-0.25, -0.2) is 0 Å². The molecule has 0 bridgehead atoms. The molecule has 0 aliphatic heterocycles. The van der Waals surface area contributed by atoms with E-state index in [-0.39, 0.29) is 0 Å². The van der Waals surface area contributed by atoms with Crippen LogP contribution < -0.4 is 4.98 Å². The van der Waals surface area contributed by atoms with Crippen LogP contribution in [0.4, 0.5) is 0 Å². The molecule has 1 aromatic rings. The van der Waals surface area contributed by atoms with Crippen LogP contribution >= 0.6 is 0 Å². The van der Waals surface area contributed by atoms with Crippen LogP contribution in [0.3, 0.4) is 0 Å². The van der Waals surface area contributed by atoms with E-state index in [9.17, 15) is 0 Å². The molecule has 1 nitrogen and oxygen atoms in total. The van der Waals surface area contributed by atoms with Gasteiger partial charge in [-0.15, -0.1) is 0 Å². The molecule has 3 aliphatic rings. The predicted molar refractivity (Wildman–Crippen MR) is 102 cm³/mol. The second kappa shape index (κ2) is 5.89. The summed E-state index contributed by atoms with van der Waals surface area (Å²) < 4.78 is 0. The van der Waals surface area contributed by atoms with Crippen LogP contribution in [0, 0.1) is 0 Å². The van der Waals surface area contributed by atoms with Gasteiger partial charge in [0, 0.05) is 11.6 Å². The normalized spacial score (nSPS) is 24.5. The van der Waals surface area contributed by atoms with Crippen molar-refractivity contribution < 1.29 is 0 Å². The Kier molecular flexibility index (Phi) is 4.01. The van der Waals surface area contributed by atoms with Crippen LogP contribution in [0.2, 0.25) is 13.1 Å². The van der Waals surface area contributed by atoms with Gasteiger partial charge in [0.2, 0.25) is 0 Å². The van der Waals surface area contributed by atoms with E-state index in [2.05, 4.69) is 43.2 Å². The third-order valence-electron chi connectivity index (χ3n) is 6.35. The van der Waals surface area contributed by atoms with Crippen molar-refractivity contribution in [3.63, 3.8) is 0 Å². The van der Waals surface area contributed by atoms with Gasteiger partial charge in [0.15, 0.2) is 0 Å². The van der Waals surface area contributed by atoms with Crippen molar-refractivity contribution in [1.29, 1.82) is 0 Å². The number of hydrogen-bond acceptors (Lipinski definition) is 1. The molecule has 1 fully saturated rings.